The number of hydrogen-bond donors (Lipinski definition) is 1. The zero-order valence-electron chi connectivity index (χ0n) is 17.1. The molecule has 2 heterocycles. The van der Waals surface area contributed by atoms with Crippen molar-refractivity contribution in [1.29, 1.82) is 0 Å². The van der Waals surface area contributed by atoms with E-state index in [1.165, 1.54) is 37.1 Å². The van der Waals surface area contributed by atoms with Crippen molar-refractivity contribution in [1.82, 2.24) is 10.2 Å². The number of likely N-dealkylation sites (tertiary alicyclic amines) is 1. The summed E-state index contributed by atoms with van der Waals surface area (Å²) in [4.78, 5) is 15.4. The van der Waals surface area contributed by atoms with E-state index in [2.05, 4.69) is 55.3 Å². The predicted molar refractivity (Wildman–Crippen MR) is 112 cm³/mol. The van der Waals surface area contributed by atoms with Gasteiger partial charge in [0.15, 0.2) is 0 Å². The molecule has 1 fully saturated rings. The lowest BCUT2D eigenvalue weighted by Gasteiger charge is -2.38. The number of nitrogens with zero attached hydrogens (tertiary/aromatic N) is 1. The van der Waals surface area contributed by atoms with Crippen LogP contribution in [-0.2, 0) is 6.54 Å². The topological polar surface area (TPSA) is 41.6 Å². The predicted octanol–water partition coefficient (Wildman–Crippen LogP) is 4.62. The molecule has 0 unspecified atom stereocenters. The van der Waals surface area contributed by atoms with Gasteiger partial charge in [0.25, 0.3) is 5.91 Å². The van der Waals surface area contributed by atoms with Gasteiger partial charge in [0.05, 0.1) is 6.04 Å². The Morgan fingerprint density at radius 2 is 1.86 bits per heavy atom. The Hall–Kier alpha value is -2.33. The molecule has 2 aromatic rings. The van der Waals surface area contributed by atoms with Gasteiger partial charge in [-0.1, -0.05) is 29.8 Å². The number of rotatable bonds is 4. The van der Waals surface area contributed by atoms with Crippen LogP contribution in [0.4, 0.5) is 0 Å². The molecule has 4 rings (SSSR count). The van der Waals surface area contributed by atoms with Crippen LogP contribution in [0.15, 0.2) is 42.5 Å². The van der Waals surface area contributed by atoms with Crippen LogP contribution in [0.2, 0.25) is 0 Å². The average Bonchev–Trinajstić information content (AvgIpc) is 3.15. The highest BCUT2D eigenvalue weighted by Gasteiger charge is 2.34. The molecule has 4 nitrogen and oxygen atoms in total. The Kier molecular flexibility index (Phi) is 5.15. The van der Waals surface area contributed by atoms with Crippen molar-refractivity contribution in [3.63, 3.8) is 0 Å². The summed E-state index contributed by atoms with van der Waals surface area (Å²) < 4.78 is 6.11. The van der Waals surface area contributed by atoms with Crippen molar-refractivity contribution in [3.05, 3.63) is 64.7 Å². The number of aryl methyl sites for hydroxylation is 1. The molecular weight excluding hydrogens is 348 g/mol. The Morgan fingerprint density at radius 1 is 1.14 bits per heavy atom. The first-order valence-electron chi connectivity index (χ1n) is 10.3. The minimum Gasteiger partial charge on any atom is -0.487 e. The third-order valence-electron chi connectivity index (χ3n) is 5.75. The van der Waals surface area contributed by atoms with Crippen LogP contribution in [-0.4, -0.2) is 29.5 Å². The highest BCUT2D eigenvalue weighted by atomic mass is 16.5. The van der Waals surface area contributed by atoms with Crippen molar-refractivity contribution >= 4 is 5.91 Å². The molecule has 0 bridgehead atoms. The third-order valence-corrected chi connectivity index (χ3v) is 5.75. The number of fused-ring (bicyclic) bond motifs is 1. The van der Waals surface area contributed by atoms with E-state index in [-0.39, 0.29) is 17.6 Å². The van der Waals surface area contributed by atoms with Gasteiger partial charge in [-0.05, 0) is 70.5 Å². The fourth-order valence-electron chi connectivity index (χ4n) is 4.30. The zero-order chi connectivity index (χ0) is 19.7. The number of amides is 1. The van der Waals surface area contributed by atoms with E-state index in [0.29, 0.717) is 5.56 Å². The molecular formula is C24H30N2O2. The molecule has 2 aliphatic rings. The maximum atomic E-state index is 12.9. The van der Waals surface area contributed by atoms with E-state index in [1.54, 1.807) is 0 Å². The first-order chi connectivity index (χ1) is 13.4. The Labute approximate surface area is 167 Å². The molecule has 1 saturated heterocycles. The van der Waals surface area contributed by atoms with Gasteiger partial charge in [-0.15, -0.1) is 0 Å². The lowest BCUT2D eigenvalue weighted by molar-refractivity contribution is 0.0619. The lowest BCUT2D eigenvalue weighted by Crippen LogP contribution is -2.41. The van der Waals surface area contributed by atoms with Gasteiger partial charge in [-0.3, -0.25) is 9.69 Å². The summed E-state index contributed by atoms with van der Waals surface area (Å²) >= 11 is 0. The molecule has 0 saturated carbocycles. The number of carbonyl (C=O) groups excluding carboxylic acids is 1. The van der Waals surface area contributed by atoms with Gasteiger partial charge >= 0.3 is 0 Å². The van der Waals surface area contributed by atoms with Crippen molar-refractivity contribution < 1.29 is 9.53 Å². The van der Waals surface area contributed by atoms with E-state index < -0.39 is 0 Å². The Morgan fingerprint density at radius 3 is 2.57 bits per heavy atom. The van der Waals surface area contributed by atoms with E-state index in [1.807, 2.05) is 18.2 Å². The van der Waals surface area contributed by atoms with Gasteiger partial charge in [0.1, 0.15) is 11.4 Å². The molecule has 2 aromatic carbocycles. The second-order valence-electron chi connectivity index (χ2n) is 8.81. The fourth-order valence-corrected chi connectivity index (χ4v) is 4.30. The molecule has 0 radical (unpaired) electrons. The van der Waals surface area contributed by atoms with Crippen LogP contribution in [0.5, 0.6) is 5.75 Å². The van der Waals surface area contributed by atoms with Gasteiger partial charge in [-0.25, -0.2) is 0 Å². The van der Waals surface area contributed by atoms with E-state index in [9.17, 15) is 4.79 Å². The highest BCUT2D eigenvalue weighted by molar-refractivity contribution is 5.94. The van der Waals surface area contributed by atoms with Crippen LogP contribution < -0.4 is 10.1 Å². The summed E-state index contributed by atoms with van der Waals surface area (Å²) in [5.74, 6) is 0.844. The van der Waals surface area contributed by atoms with Gasteiger partial charge in [-0.2, -0.15) is 0 Å². The standard InChI is InChI=1S/C24H30N2O2/c1-17-6-11-22-20(14-17)21(15-24(2,3)28-22)25-23(27)19-9-7-18(8-10-19)16-26-12-4-5-13-26/h6-11,14,21H,4-5,12-13,15-16H2,1-3H3,(H,25,27)/t21-/m0/s1. The first kappa shape index (κ1) is 19.0. The smallest absolute Gasteiger partial charge is 0.251 e. The van der Waals surface area contributed by atoms with Crippen LogP contribution in [0.3, 0.4) is 0 Å². The lowest BCUT2D eigenvalue weighted by atomic mass is 9.88. The van der Waals surface area contributed by atoms with Crippen molar-refractivity contribution in [2.45, 2.75) is 58.2 Å². The van der Waals surface area contributed by atoms with Crippen molar-refractivity contribution in [2.24, 2.45) is 0 Å². The maximum Gasteiger partial charge on any atom is 0.251 e. The average molecular weight is 379 g/mol. The van der Waals surface area contributed by atoms with Crippen molar-refractivity contribution in [3.8, 4) is 5.75 Å². The summed E-state index contributed by atoms with van der Waals surface area (Å²) in [5, 5.41) is 3.24. The van der Waals surface area contributed by atoms with E-state index in [4.69, 9.17) is 4.74 Å². The molecule has 28 heavy (non-hydrogen) atoms. The quantitative estimate of drug-likeness (QED) is 0.844. The molecule has 2 aliphatic heterocycles. The summed E-state index contributed by atoms with van der Waals surface area (Å²) in [6.45, 7) is 9.55. The molecule has 1 atom stereocenters. The number of ether oxygens (including phenoxy) is 1. The molecule has 0 aromatic heterocycles. The van der Waals surface area contributed by atoms with Gasteiger partial charge in [0, 0.05) is 24.1 Å². The highest BCUT2D eigenvalue weighted by Crippen LogP contribution is 2.40. The first-order valence-corrected chi connectivity index (χ1v) is 10.3. The summed E-state index contributed by atoms with van der Waals surface area (Å²) in [7, 11) is 0. The maximum absolute atomic E-state index is 12.9. The molecule has 0 spiro atoms. The van der Waals surface area contributed by atoms with Gasteiger partial charge in [0.2, 0.25) is 0 Å². The van der Waals surface area contributed by atoms with Crippen molar-refractivity contribution in [2.75, 3.05) is 13.1 Å². The molecule has 1 N–H and O–H groups in total. The molecule has 148 valence electrons. The Bertz CT molecular complexity index is 851. The SMILES string of the molecule is Cc1ccc2c(c1)[C@@H](NC(=O)c1ccc(CN3CCCC3)cc1)CC(C)(C)O2. The van der Waals surface area contributed by atoms with E-state index >= 15 is 0 Å². The minimum absolute atomic E-state index is 0.0251. The second kappa shape index (κ2) is 7.59. The van der Waals surface area contributed by atoms with Crippen LogP contribution in [0.25, 0.3) is 0 Å². The summed E-state index contributed by atoms with van der Waals surface area (Å²) in [5.41, 5.74) is 3.92. The Balaban J connectivity index is 1.48. The minimum atomic E-state index is -0.306. The van der Waals surface area contributed by atoms with Crippen LogP contribution in [0, 0.1) is 6.92 Å². The zero-order valence-corrected chi connectivity index (χ0v) is 17.1. The van der Waals surface area contributed by atoms with Gasteiger partial charge < -0.3 is 10.1 Å². The molecule has 0 aliphatic carbocycles. The van der Waals surface area contributed by atoms with E-state index in [0.717, 1.165) is 24.3 Å². The summed E-state index contributed by atoms with van der Waals surface area (Å²) in [6.07, 6.45) is 3.34. The third kappa shape index (κ3) is 4.22. The molecule has 1 amide bonds. The number of benzene rings is 2. The number of nitrogens with one attached hydrogen (secondary N) is 1. The van der Waals surface area contributed by atoms with Crippen LogP contribution >= 0.6 is 0 Å². The second-order valence-corrected chi connectivity index (χ2v) is 8.81. The summed E-state index contributed by atoms with van der Waals surface area (Å²) in [6, 6.07) is 14.2. The largest absolute Gasteiger partial charge is 0.487 e. The molecule has 4 heteroatoms. The normalized spacial score (nSPS) is 21.0. The number of hydrogen-bond acceptors (Lipinski definition) is 3. The fraction of sp³-hybridized carbons (Fsp3) is 0.458. The number of carbonyl (C=O) groups is 1. The van der Waals surface area contributed by atoms with Crippen LogP contribution in [0.1, 0.15) is 66.2 Å². The monoisotopic (exact) mass is 378 g/mol.